The van der Waals surface area contributed by atoms with Gasteiger partial charge in [0.1, 0.15) is 0 Å². The van der Waals surface area contributed by atoms with Gasteiger partial charge in [-0.1, -0.05) is 76.8 Å². The summed E-state index contributed by atoms with van der Waals surface area (Å²) in [5, 5.41) is 8.15. The minimum atomic E-state index is -1.16. The zero-order valence-electron chi connectivity index (χ0n) is 17.5. The molecule has 0 bridgehead atoms. The van der Waals surface area contributed by atoms with Gasteiger partial charge in [0, 0.05) is 18.2 Å². The first kappa shape index (κ1) is 28.1. The molecule has 6 heteroatoms. The minimum Gasteiger partial charge on any atom is -0.478 e. The number of carbonyl (C=O) groups excluding carboxylic acids is 2. The molecule has 0 atom stereocenters. The quantitative estimate of drug-likeness (QED) is 0.365. The molecule has 0 radical (unpaired) electrons. The van der Waals surface area contributed by atoms with E-state index in [9.17, 15) is 14.4 Å². The number of carboxylic acids is 1. The molecule has 0 aliphatic heterocycles. The topological polar surface area (TPSA) is 89.9 Å². The molecule has 6 nitrogen and oxygen atoms in total. The van der Waals surface area contributed by atoms with Crippen molar-refractivity contribution in [3.05, 3.63) is 67.3 Å². The van der Waals surface area contributed by atoms with Gasteiger partial charge in [-0.2, -0.15) is 0 Å². The maximum Gasteiger partial charge on any atom is 0.331 e. The summed E-state index contributed by atoms with van der Waals surface area (Å²) < 4.78 is 9.34. The lowest BCUT2D eigenvalue weighted by Gasteiger charge is -2.03. The molecule has 0 amide bonds. The van der Waals surface area contributed by atoms with Crippen molar-refractivity contribution in [2.45, 2.75) is 33.6 Å². The second-order valence-electron chi connectivity index (χ2n) is 6.04. The van der Waals surface area contributed by atoms with Crippen LogP contribution in [0.5, 0.6) is 0 Å². The van der Waals surface area contributed by atoms with Crippen molar-refractivity contribution in [1.82, 2.24) is 0 Å². The third kappa shape index (κ3) is 22.8. The third-order valence-corrected chi connectivity index (χ3v) is 2.87. The first-order valence-electron chi connectivity index (χ1n) is 9.31. The number of hydrogen-bond acceptors (Lipinski definition) is 5. The van der Waals surface area contributed by atoms with Crippen molar-refractivity contribution < 1.29 is 29.0 Å². The Morgan fingerprint density at radius 3 is 2.07 bits per heavy atom. The second-order valence-corrected chi connectivity index (χ2v) is 6.04. The average Bonchev–Trinajstić information content (AvgIpc) is 2.72. The highest BCUT2D eigenvalue weighted by atomic mass is 16.5. The van der Waals surface area contributed by atoms with Crippen LogP contribution in [0.15, 0.2) is 61.7 Å². The van der Waals surface area contributed by atoms with Gasteiger partial charge in [0.15, 0.2) is 0 Å². The molecule has 0 aromatic heterocycles. The van der Waals surface area contributed by atoms with E-state index in [0.717, 1.165) is 25.0 Å². The van der Waals surface area contributed by atoms with Crippen LogP contribution in [0, 0.1) is 5.92 Å². The van der Waals surface area contributed by atoms with E-state index in [1.165, 1.54) is 11.6 Å². The molecular formula is C23H32O6. The van der Waals surface area contributed by atoms with Gasteiger partial charge in [0.2, 0.25) is 0 Å². The zero-order chi connectivity index (χ0) is 22.5. The fourth-order valence-electron chi connectivity index (χ4n) is 1.40. The monoisotopic (exact) mass is 404 g/mol. The van der Waals surface area contributed by atoms with E-state index >= 15 is 0 Å². The summed E-state index contributed by atoms with van der Waals surface area (Å²) in [6, 6.07) is 10.0. The van der Waals surface area contributed by atoms with Crippen molar-refractivity contribution in [1.29, 1.82) is 0 Å². The van der Waals surface area contributed by atoms with Crippen LogP contribution in [0.3, 0.4) is 0 Å². The molecule has 0 saturated heterocycles. The highest BCUT2D eigenvalue weighted by molar-refractivity contribution is 5.90. The minimum absolute atomic E-state index is 0.257. The maximum atomic E-state index is 10.7. The number of aliphatic carboxylic acids is 1. The normalized spacial score (nSPS) is 9.38. The standard InChI is InChI=1S/C8H12O4.C8H8.C7H12O2/c1-6(2)5-12-8(11)4-3-7(9)10;1-2-8-6-4-3-5-7-8;1-3-5-6-9-7(8)4-2/h3-4,6H,5H2,1-2H3,(H,9,10);2-7H,1H2;4H,2-3,5-6H2,1H3. The largest absolute Gasteiger partial charge is 0.478 e. The van der Waals surface area contributed by atoms with E-state index in [0.29, 0.717) is 13.2 Å². The number of hydrogen-bond donors (Lipinski definition) is 1. The molecular weight excluding hydrogens is 372 g/mol. The number of esters is 2. The number of rotatable bonds is 9. The van der Waals surface area contributed by atoms with Crippen LogP contribution < -0.4 is 0 Å². The number of carbonyl (C=O) groups is 3. The van der Waals surface area contributed by atoms with Crippen LogP contribution >= 0.6 is 0 Å². The lowest BCUT2D eigenvalue weighted by molar-refractivity contribution is -0.139. The Morgan fingerprint density at radius 2 is 1.66 bits per heavy atom. The van der Waals surface area contributed by atoms with Crippen molar-refractivity contribution in [3.8, 4) is 0 Å². The summed E-state index contributed by atoms with van der Waals surface area (Å²) in [6.07, 6.45) is 6.63. The predicted molar refractivity (Wildman–Crippen MR) is 115 cm³/mol. The first-order valence-corrected chi connectivity index (χ1v) is 9.31. The van der Waals surface area contributed by atoms with Crippen molar-refractivity contribution in [2.24, 2.45) is 5.92 Å². The lowest BCUT2D eigenvalue weighted by atomic mass is 10.2. The first-order chi connectivity index (χ1) is 13.8. The van der Waals surface area contributed by atoms with Crippen LogP contribution in [0.2, 0.25) is 0 Å². The van der Waals surface area contributed by atoms with Crippen molar-refractivity contribution in [3.63, 3.8) is 0 Å². The van der Waals surface area contributed by atoms with Crippen LogP contribution in [0.25, 0.3) is 6.08 Å². The molecule has 1 rings (SSSR count). The van der Waals surface area contributed by atoms with E-state index in [1.54, 1.807) is 0 Å². The molecule has 29 heavy (non-hydrogen) atoms. The highest BCUT2D eigenvalue weighted by Gasteiger charge is 1.99. The van der Waals surface area contributed by atoms with Gasteiger partial charge in [-0.05, 0) is 17.9 Å². The molecule has 1 aromatic rings. The Balaban J connectivity index is 0. The van der Waals surface area contributed by atoms with Crippen LogP contribution in [0.4, 0.5) is 0 Å². The fourth-order valence-corrected chi connectivity index (χ4v) is 1.40. The summed E-state index contributed by atoms with van der Waals surface area (Å²) >= 11 is 0. The van der Waals surface area contributed by atoms with Gasteiger partial charge in [-0.3, -0.25) is 0 Å². The number of ether oxygens (including phenoxy) is 2. The summed E-state index contributed by atoms with van der Waals surface area (Å²) in [7, 11) is 0. The summed E-state index contributed by atoms with van der Waals surface area (Å²) in [6.45, 7) is 13.6. The predicted octanol–water partition coefficient (Wildman–Crippen LogP) is 4.67. The third-order valence-electron chi connectivity index (χ3n) is 2.87. The van der Waals surface area contributed by atoms with Crippen LogP contribution in [0.1, 0.15) is 39.2 Å². The van der Waals surface area contributed by atoms with Gasteiger partial charge in [0.25, 0.3) is 0 Å². The fraction of sp³-hybridized carbons (Fsp3) is 0.348. The van der Waals surface area contributed by atoms with Crippen molar-refractivity contribution in [2.75, 3.05) is 13.2 Å². The highest BCUT2D eigenvalue weighted by Crippen LogP contribution is 1.97. The lowest BCUT2D eigenvalue weighted by Crippen LogP contribution is -2.07. The Bertz CT molecular complexity index is 632. The molecule has 0 spiro atoms. The summed E-state index contributed by atoms with van der Waals surface area (Å²) in [5.41, 5.74) is 1.17. The maximum absolute atomic E-state index is 10.7. The molecule has 0 saturated carbocycles. The molecule has 0 aliphatic carbocycles. The number of benzene rings is 1. The molecule has 0 fully saturated rings. The smallest absolute Gasteiger partial charge is 0.331 e. The average molecular weight is 405 g/mol. The SMILES string of the molecule is C=CC(=O)OCCCC.C=Cc1ccccc1.CC(C)COC(=O)C=CC(=O)O. The molecule has 0 unspecified atom stereocenters. The van der Waals surface area contributed by atoms with E-state index < -0.39 is 11.9 Å². The zero-order valence-corrected chi connectivity index (χ0v) is 17.5. The second kappa shape index (κ2) is 19.6. The Kier molecular flexibility index (Phi) is 19.0. The van der Waals surface area contributed by atoms with Gasteiger partial charge in [0.05, 0.1) is 13.2 Å². The van der Waals surface area contributed by atoms with E-state index in [-0.39, 0.29) is 11.9 Å². The van der Waals surface area contributed by atoms with Gasteiger partial charge >= 0.3 is 17.9 Å². The summed E-state index contributed by atoms with van der Waals surface area (Å²) in [4.78, 5) is 31.0. The Labute approximate surface area is 173 Å². The molecule has 160 valence electrons. The van der Waals surface area contributed by atoms with E-state index in [4.69, 9.17) is 5.11 Å². The molecule has 0 aliphatic rings. The Hall–Kier alpha value is -3.15. The van der Waals surface area contributed by atoms with Crippen LogP contribution in [-0.4, -0.2) is 36.2 Å². The Morgan fingerprint density at radius 1 is 1.03 bits per heavy atom. The van der Waals surface area contributed by atoms with Crippen LogP contribution in [-0.2, 0) is 23.9 Å². The van der Waals surface area contributed by atoms with Gasteiger partial charge in [-0.25, -0.2) is 14.4 Å². The molecule has 1 aromatic carbocycles. The van der Waals surface area contributed by atoms with Crippen molar-refractivity contribution >= 4 is 24.0 Å². The van der Waals surface area contributed by atoms with Gasteiger partial charge in [-0.15, -0.1) is 0 Å². The van der Waals surface area contributed by atoms with Gasteiger partial charge < -0.3 is 14.6 Å². The number of carboxylic acid groups (broad SMARTS) is 1. The number of unbranched alkanes of at least 4 members (excludes halogenated alkanes) is 1. The molecule has 0 heterocycles. The summed E-state index contributed by atoms with van der Waals surface area (Å²) in [5.74, 6) is -1.85. The molecule has 1 N–H and O–H groups in total. The van der Waals surface area contributed by atoms with E-state index in [1.807, 2.05) is 57.2 Å². The van der Waals surface area contributed by atoms with E-state index in [2.05, 4.69) is 22.6 Å².